The molecule has 1 aromatic heterocycles. The fraction of sp³-hybridized carbons (Fsp3) is 0.375. The number of nitrogens with two attached hydrogens (primary N) is 1. The van der Waals surface area contributed by atoms with Crippen LogP contribution < -0.4 is 5.73 Å². The van der Waals surface area contributed by atoms with Gasteiger partial charge in [0.1, 0.15) is 5.82 Å². The van der Waals surface area contributed by atoms with Gasteiger partial charge in [0.05, 0.1) is 23.8 Å². The lowest BCUT2D eigenvalue weighted by Crippen LogP contribution is -2.45. The highest BCUT2D eigenvalue weighted by molar-refractivity contribution is 6.06. The molecule has 1 amide bonds. The van der Waals surface area contributed by atoms with Crippen LogP contribution in [0.25, 0.3) is 10.9 Å². The Morgan fingerprint density at radius 2 is 2.29 bits per heavy atom. The zero-order chi connectivity index (χ0) is 14.8. The Bertz CT molecular complexity index is 672. The molecule has 5 heteroatoms. The maximum atomic E-state index is 12.8. The normalized spacial score (nSPS) is 18.9. The lowest BCUT2D eigenvalue weighted by Gasteiger charge is -2.32. The minimum atomic E-state index is 0.00190. The van der Waals surface area contributed by atoms with Crippen LogP contribution in [0.3, 0.4) is 0 Å². The van der Waals surface area contributed by atoms with Crippen LogP contribution in [0, 0.1) is 0 Å². The van der Waals surface area contributed by atoms with Crippen LogP contribution in [0.4, 0.5) is 5.82 Å². The molecule has 1 aliphatic heterocycles. The van der Waals surface area contributed by atoms with Crippen molar-refractivity contribution in [1.82, 2.24) is 9.88 Å². The number of hydrogen-bond acceptors (Lipinski definition) is 4. The van der Waals surface area contributed by atoms with Gasteiger partial charge in [-0.05, 0) is 18.6 Å². The molecule has 5 nitrogen and oxygen atoms in total. The molecule has 0 aliphatic carbocycles. The monoisotopic (exact) mass is 285 g/mol. The van der Waals surface area contributed by atoms with E-state index in [1.165, 1.54) is 0 Å². The molecule has 110 valence electrons. The van der Waals surface area contributed by atoms with Crippen LogP contribution in [0.15, 0.2) is 30.3 Å². The van der Waals surface area contributed by atoms with Crippen molar-refractivity contribution < 1.29 is 9.53 Å². The smallest absolute Gasteiger partial charge is 0.254 e. The van der Waals surface area contributed by atoms with Crippen molar-refractivity contribution in [3.05, 3.63) is 35.9 Å². The number of benzene rings is 1. The highest BCUT2D eigenvalue weighted by atomic mass is 16.5. The Balaban J connectivity index is 1.97. The number of pyridine rings is 1. The number of ether oxygens (including phenoxy) is 1. The number of para-hydroxylation sites is 1. The van der Waals surface area contributed by atoms with Crippen LogP contribution in [-0.2, 0) is 4.74 Å². The van der Waals surface area contributed by atoms with Gasteiger partial charge in [-0.25, -0.2) is 4.98 Å². The van der Waals surface area contributed by atoms with E-state index in [9.17, 15) is 4.79 Å². The Hall–Kier alpha value is -2.14. The lowest BCUT2D eigenvalue weighted by atomic mass is 10.1. The van der Waals surface area contributed by atoms with Crippen molar-refractivity contribution in [2.45, 2.75) is 19.4 Å². The van der Waals surface area contributed by atoms with Crippen LogP contribution in [-0.4, -0.2) is 41.6 Å². The van der Waals surface area contributed by atoms with Gasteiger partial charge in [-0.3, -0.25) is 4.79 Å². The summed E-state index contributed by atoms with van der Waals surface area (Å²) in [5, 5.41) is 0.844. The third-order valence-corrected chi connectivity index (χ3v) is 3.85. The summed E-state index contributed by atoms with van der Waals surface area (Å²) in [7, 11) is 0. The summed E-state index contributed by atoms with van der Waals surface area (Å²) in [6.07, 6.45) is 1.02. The fourth-order valence-electron chi connectivity index (χ4n) is 2.69. The molecule has 1 aliphatic rings. The predicted octanol–water partition coefficient (Wildman–Crippen LogP) is 2.07. The standard InChI is InChI=1S/C16H19N3O2/c1-2-11-10-19(7-8-21-11)16(20)13-9-15(17)18-14-6-4-3-5-12(13)14/h3-6,9,11H,2,7-8,10H2,1H3,(H2,17,18). The van der Waals surface area contributed by atoms with E-state index in [2.05, 4.69) is 11.9 Å². The van der Waals surface area contributed by atoms with E-state index in [1.54, 1.807) is 6.07 Å². The first-order chi connectivity index (χ1) is 10.2. The number of carbonyl (C=O) groups is 1. The second kappa shape index (κ2) is 5.69. The van der Waals surface area contributed by atoms with Gasteiger partial charge in [0.25, 0.3) is 5.91 Å². The van der Waals surface area contributed by atoms with Crippen LogP contribution >= 0.6 is 0 Å². The molecule has 0 saturated carbocycles. The van der Waals surface area contributed by atoms with Gasteiger partial charge >= 0.3 is 0 Å². The number of fused-ring (bicyclic) bond motifs is 1. The topological polar surface area (TPSA) is 68.5 Å². The molecule has 0 bridgehead atoms. The summed E-state index contributed by atoms with van der Waals surface area (Å²) in [4.78, 5) is 18.9. The molecule has 1 saturated heterocycles. The first-order valence-electron chi connectivity index (χ1n) is 7.25. The van der Waals surface area contributed by atoms with Gasteiger partial charge in [0.2, 0.25) is 0 Å². The summed E-state index contributed by atoms with van der Waals surface area (Å²) >= 11 is 0. The second-order valence-electron chi connectivity index (χ2n) is 5.26. The molecule has 1 atom stereocenters. The third kappa shape index (κ3) is 2.69. The van der Waals surface area contributed by atoms with Crippen molar-refractivity contribution >= 4 is 22.6 Å². The maximum Gasteiger partial charge on any atom is 0.254 e. The number of anilines is 1. The molecule has 3 rings (SSSR count). The van der Waals surface area contributed by atoms with Crippen molar-refractivity contribution in [2.75, 3.05) is 25.4 Å². The quantitative estimate of drug-likeness (QED) is 0.917. The number of amides is 1. The third-order valence-electron chi connectivity index (χ3n) is 3.85. The maximum absolute atomic E-state index is 12.8. The summed E-state index contributed by atoms with van der Waals surface area (Å²) in [5.41, 5.74) is 7.21. The van der Waals surface area contributed by atoms with Crippen molar-refractivity contribution in [1.29, 1.82) is 0 Å². The number of carbonyl (C=O) groups excluding carboxylic acids is 1. The van der Waals surface area contributed by atoms with Gasteiger partial charge in [0.15, 0.2) is 0 Å². The van der Waals surface area contributed by atoms with Gasteiger partial charge in [-0.2, -0.15) is 0 Å². The molecule has 0 radical (unpaired) electrons. The minimum absolute atomic E-state index is 0.00190. The molecular formula is C16H19N3O2. The minimum Gasteiger partial charge on any atom is -0.384 e. The first-order valence-corrected chi connectivity index (χ1v) is 7.25. The summed E-state index contributed by atoms with van der Waals surface area (Å²) in [6.45, 7) is 3.90. The predicted molar refractivity (Wildman–Crippen MR) is 82.1 cm³/mol. The van der Waals surface area contributed by atoms with Crippen LogP contribution in [0.1, 0.15) is 23.7 Å². The Labute approximate surface area is 123 Å². The molecule has 2 heterocycles. The van der Waals surface area contributed by atoms with E-state index in [0.29, 0.717) is 31.1 Å². The van der Waals surface area contributed by atoms with Crippen LogP contribution in [0.5, 0.6) is 0 Å². The highest BCUT2D eigenvalue weighted by Crippen LogP contribution is 2.22. The molecule has 21 heavy (non-hydrogen) atoms. The lowest BCUT2D eigenvalue weighted by molar-refractivity contribution is -0.0225. The Morgan fingerprint density at radius 3 is 3.10 bits per heavy atom. The van der Waals surface area contributed by atoms with Crippen molar-refractivity contribution in [3.63, 3.8) is 0 Å². The Kier molecular flexibility index (Phi) is 3.75. The molecular weight excluding hydrogens is 266 g/mol. The molecule has 1 unspecified atom stereocenters. The molecule has 2 aromatic rings. The first kappa shape index (κ1) is 13.8. The molecule has 1 fully saturated rings. The number of nitrogen functional groups attached to an aromatic ring is 1. The zero-order valence-electron chi connectivity index (χ0n) is 12.1. The van der Waals surface area contributed by atoms with Crippen molar-refractivity contribution in [3.8, 4) is 0 Å². The number of nitrogens with zero attached hydrogens (tertiary/aromatic N) is 2. The SMILES string of the molecule is CCC1CN(C(=O)c2cc(N)nc3ccccc23)CCO1. The van der Waals surface area contributed by atoms with E-state index in [4.69, 9.17) is 10.5 Å². The van der Waals surface area contributed by atoms with Crippen molar-refractivity contribution in [2.24, 2.45) is 0 Å². The summed E-state index contributed by atoms with van der Waals surface area (Å²) in [6, 6.07) is 9.25. The molecule has 0 spiro atoms. The van der Waals surface area contributed by atoms with E-state index < -0.39 is 0 Å². The summed E-state index contributed by atoms with van der Waals surface area (Å²) in [5.74, 6) is 0.374. The molecule has 2 N–H and O–H groups in total. The number of morpholine rings is 1. The zero-order valence-corrected chi connectivity index (χ0v) is 12.1. The number of aromatic nitrogens is 1. The fourth-order valence-corrected chi connectivity index (χ4v) is 2.69. The second-order valence-corrected chi connectivity index (χ2v) is 5.26. The van der Waals surface area contributed by atoms with Gasteiger partial charge in [-0.15, -0.1) is 0 Å². The number of hydrogen-bond donors (Lipinski definition) is 1. The summed E-state index contributed by atoms with van der Waals surface area (Å²) < 4.78 is 5.62. The van der Waals surface area contributed by atoms with Gasteiger partial charge < -0.3 is 15.4 Å². The average Bonchev–Trinajstić information content (AvgIpc) is 2.53. The Morgan fingerprint density at radius 1 is 1.48 bits per heavy atom. The largest absolute Gasteiger partial charge is 0.384 e. The van der Waals surface area contributed by atoms with Gasteiger partial charge in [-0.1, -0.05) is 25.1 Å². The van der Waals surface area contributed by atoms with Crippen LogP contribution in [0.2, 0.25) is 0 Å². The van der Waals surface area contributed by atoms with E-state index in [-0.39, 0.29) is 12.0 Å². The number of rotatable bonds is 2. The van der Waals surface area contributed by atoms with E-state index in [0.717, 1.165) is 17.3 Å². The molecule has 1 aromatic carbocycles. The van der Waals surface area contributed by atoms with E-state index in [1.807, 2.05) is 29.2 Å². The van der Waals surface area contributed by atoms with Gasteiger partial charge in [0, 0.05) is 18.5 Å². The highest BCUT2D eigenvalue weighted by Gasteiger charge is 2.25. The average molecular weight is 285 g/mol. The van der Waals surface area contributed by atoms with E-state index >= 15 is 0 Å².